The highest BCUT2D eigenvalue weighted by Crippen LogP contribution is 2.31. The second-order valence-corrected chi connectivity index (χ2v) is 7.72. The number of nitrogens with one attached hydrogen (secondary N) is 1. The Morgan fingerprint density at radius 2 is 1.79 bits per heavy atom. The summed E-state index contributed by atoms with van der Waals surface area (Å²) in [6.07, 6.45) is 1.50. The molecule has 1 aromatic heterocycles. The van der Waals surface area contributed by atoms with E-state index in [9.17, 15) is 9.59 Å². The van der Waals surface area contributed by atoms with Gasteiger partial charge in [-0.25, -0.2) is 4.98 Å². The summed E-state index contributed by atoms with van der Waals surface area (Å²) in [6, 6.07) is 7.32. The lowest BCUT2D eigenvalue weighted by molar-refractivity contribution is -0.152. The van der Waals surface area contributed by atoms with Gasteiger partial charge in [0.25, 0.3) is 11.8 Å². The number of imidazole rings is 1. The van der Waals surface area contributed by atoms with Gasteiger partial charge in [-0.15, -0.1) is 0 Å². The summed E-state index contributed by atoms with van der Waals surface area (Å²) in [5.41, 5.74) is 6.36. The molecule has 0 atom stereocenters. The Bertz CT molecular complexity index is 881. The van der Waals surface area contributed by atoms with Gasteiger partial charge in [-0.05, 0) is 51.0 Å². The third kappa shape index (κ3) is 4.27. The van der Waals surface area contributed by atoms with E-state index in [0.29, 0.717) is 24.5 Å². The van der Waals surface area contributed by atoms with E-state index in [2.05, 4.69) is 4.98 Å². The van der Waals surface area contributed by atoms with Crippen LogP contribution >= 0.6 is 0 Å². The van der Waals surface area contributed by atoms with Crippen molar-refractivity contribution in [2.75, 3.05) is 27.3 Å². The van der Waals surface area contributed by atoms with Crippen LogP contribution in [-0.2, 0) is 9.53 Å². The summed E-state index contributed by atoms with van der Waals surface area (Å²) < 4.78 is 10.5. The Kier molecular flexibility index (Phi) is 5.93. The minimum Gasteiger partial charge on any atom is -0.497 e. The molecule has 1 fully saturated rings. The van der Waals surface area contributed by atoms with Crippen molar-refractivity contribution >= 4 is 11.8 Å². The summed E-state index contributed by atoms with van der Waals surface area (Å²) >= 11 is 0. The number of ether oxygens (including phenoxy) is 2. The van der Waals surface area contributed by atoms with Crippen molar-refractivity contribution in [2.45, 2.75) is 38.2 Å². The molecule has 0 radical (unpaired) electrons. The number of piperidine rings is 1. The van der Waals surface area contributed by atoms with E-state index < -0.39 is 11.5 Å². The number of likely N-dealkylation sites (tertiary alicyclic amines) is 1. The minimum atomic E-state index is -0.835. The van der Waals surface area contributed by atoms with Gasteiger partial charge in [-0.1, -0.05) is 0 Å². The number of H-pyrrole nitrogens is 1. The SMILES string of the molecule is COc1ccc(-c2nc(C3CCN(C(=O)C(C)(C)OC)CC3)[nH]c2C(N)=O)cc1. The molecule has 0 spiro atoms. The lowest BCUT2D eigenvalue weighted by Gasteiger charge is -2.35. The van der Waals surface area contributed by atoms with E-state index in [0.717, 1.165) is 30.0 Å². The third-order valence-electron chi connectivity index (χ3n) is 5.53. The number of benzene rings is 1. The molecule has 8 heteroatoms. The average molecular weight is 400 g/mol. The Morgan fingerprint density at radius 3 is 2.31 bits per heavy atom. The molecule has 8 nitrogen and oxygen atoms in total. The highest BCUT2D eigenvalue weighted by atomic mass is 16.5. The van der Waals surface area contributed by atoms with Crippen molar-refractivity contribution in [2.24, 2.45) is 5.73 Å². The van der Waals surface area contributed by atoms with E-state index >= 15 is 0 Å². The standard InChI is InChI=1S/C21H28N4O4/c1-21(2,29-4)20(27)25-11-9-14(10-12-25)19-23-16(17(24-19)18(22)26)13-5-7-15(28-3)8-6-13/h5-8,14H,9-12H2,1-4H3,(H2,22,26)(H,23,24). The quantitative estimate of drug-likeness (QED) is 0.773. The van der Waals surface area contributed by atoms with Crippen LogP contribution in [0.15, 0.2) is 24.3 Å². The van der Waals surface area contributed by atoms with Crippen molar-refractivity contribution in [3.8, 4) is 17.0 Å². The normalized spacial score (nSPS) is 15.4. The predicted molar refractivity (Wildman–Crippen MR) is 109 cm³/mol. The van der Waals surface area contributed by atoms with Gasteiger partial charge in [-0.3, -0.25) is 9.59 Å². The Hall–Kier alpha value is -2.87. The van der Waals surface area contributed by atoms with Crippen molar-refractivity contribution in [3.05, 3.63) is 35.8 Å². The molecule has 0 aliphatic carbocycles. The molecule has 2 aromatic rings. The van der Waals surface area contributed by atoms with Gasteiger partial charge in [0.15, 0.2) is 0 Å². The number of carbonyl (C=O) groups is 2. The van der Waals surface area contributed by atoms with Crippen LogP contribution in [0.2, 0.25) is 0 Å². The molecule has 3 rings (SSSR count). The molecule has 0 bridgehead atoms. The summed E-state index contributed by atoms with van der Waals surface area (Å²) in [6.45, 7) is 4.77. The number of rotatable bonds is 6. The molecule has 1 aliphatic rings. The number of hydrogen-bond acceptors (Lipinski definition) is 5. The number of nitrogens with two attached hydrogens (primary N) is 1. The molecular formula is C21H28N4O4. The summed E-state index contributed by atoms with van der Waals surface area (Å²) in [4.78, 5) is 34.2. The van der Waals surface area contributed by atoms with Crippen LogP contribution in [0.5, 0.6) is 5.75 Å². The largest absolute Gasteiger partial charge is 0.497 e. The number of primary amides is 1. The Labute approximate surface area is 170 Å². The van der Waals surface area contributed by atoms with E-state index in [4.69, 9.17) is 20.2 Å². The number of nitrogens with zero attached hydrogens (tertiary/aromatic N) is 2. The van der Waals surface area contributed by atoms with Crippen LogP contribution in [-0.4, -0.2) is 59.6 Å². The first kappa shape index (κ1) is 20.9. The van der Waals surface area contributed by atoms with E-state index in [1.54, 1.807) is 28.1 Å². The fraction of sp³-hybridized carbons (Fsp3) is 0.476. The van der Waals surface area contributed by atoms with Crippen molar-refractivity contribution in [1.29, 1.82) is 0 Å². The topological polar surface area (TPSA) is 111 Å². The molecule has 2 amide bonds. The lowest BCUT2D eigenvalue weighted by atomic mass is 9.94. The number of carbonyl (C=O) groups excluding carboxylic acids is 2. The third-order valence-corrected chi connectivity index (χ3v) is 5.53. The fourth-order valence-electron chi connectivity index (χ4n) is 3.55. The first-order valence-electron chi connectivity index (χ1n) is 9.65. The summed E-state index contributed by atoms with van der Waals surface area (Å²) in [7, 11) is 3.14. The highest BCUT2D eigenvalue weighted by molar-refractivity contribution is 5.97. The van der Waals surface area contributed by atoms with Gasteiger partial charge >= 0.3 is 0 Å². The molecule has 2 heterocycles. The lowest BCUT2D eigenvalue weighted by Crippen LogP contribution is -2.49. The predicted octanol–water partition coefficient (Wildman–Crippen LogP) is 2.32. The van der Waals surface area contributed by atoms with Crippen LogP contribution in [0.4, 0.5) is 0 Å². The number of methoxy groups -OCH3 is 2. The average Bonchev–Trinajstić information content (AvgIpc) is 3.19. The zero-order valence-electron chi connectivity index (χ0n) is 17.3. The van der Waals surface area contributed by atoms with E-state index in [1.165, 1.54) is 0 Å². The maximum atomic E-state index is 12.6. The van der Waals surface area contributed by atoms with Gasteiger partial charge in [0, 0.05) is 31.7 Å². The minimum absolute atomic E-state index is 0.0189. The molecule has 1 aromatic carbocycles. The smallest absolute Gasteiger partial charge is 0.267 e. The van der Waals surface area contributed by atoms with Crippen LogP contribution in [0, 0.1) is 0 Å². The maximum Gasteiger partial charge on any atom is 0.267 e. The van der Waals surface area contributed by atoms with E-state index in [-0.39, 0.29) is 11.8 Å². The van der Waals surface area contributed by atoms with Gasteiger partial charge in [0.05, 0.1) is 7.11 Å². The molecule has 156 valence electrons. The molecular weight excluding hydrogens is 372 g/mol. The van der Waals surface area contributed by atoms with Crippen LogP contribution in [0.25, 0.3) is 11.3 Å². The molecule has 3 N–H and O–H groups in total. The number of hydrogen-bond donors (Lipinski definition) is 2. The first-order valence-corrected chi connectivity index (χ1v) is 9.65. The number of aromatic amines is 1. The summed E-state index contributed by atoms with van der Waals surface area (Å²) in [5, 5.41) is 0. The second-order valence-electron chi connectivity index (χ2n) is 7.72. The maximum absolute atomic E-state index is 12.6. The van der Waals surface area contributed by atoms with Crippen molar-refractivity contribution in [3.63, 3.8) is 0 Å². The molecule has 1 saturated heterocycles. The zero-order chi connectivity index (χ0) is 21.2. The van der Waals surface area contributed by atoms with Gasteiger partial charge in [0.2, 0.25) is 0 Å². The van der Waals surface area contributed by atoms with Crippen LogP contribution < -0.4 is 10.5 Å². The van der Waals surface area contributed by atoms with Gasteiger partial charge < -0.3 is 25.1 Å². The van der Waals surface area contributed by atoms with Crippen LogP contribution in [0.3, 0.4) is 0 Å². The van der Waals surface area contributed by atoms with E-state index in [1.807, 2.05) is 29.2 Å². The zero-order valence-corrected chi connectivity index (χ0v) is 17.3. The molecule has 29 heavy (non-hydrogen) atoms. The monoisotopic (exact) mass is 400 g/mol. The molecule has 0 unspecified atom stereocenters. The van der Waals surface area contributed by atoms with Gasteiger partial charge in [0.1, 0.15) is 28.6 Å². The molecule has 0 saturated carbocycles. The van der Waals surface area contributed by atoms with Crippen molar-refractivity contribution in [1.82, 2.24) is 14.9 Å². The number of aromatic nitrogens is 2. The van der Waals surface area contributed by atoms with Gasteiger partial charge in [-0.2, -0.15) is 0 Å². The molecule has 1 aliphatic heterocycles. The Balaban J connectivity index is 1.78. The first-order chi connectivity index (χ1) is 13.8. The highest BCUT2D eigenvalue weighted by Gasteiger charge is 2.35. The number of amides is 2. The second kappa shape index (κ2) is 8.24. The summed E-state index contributed by atoms with van der Waals surface area (Å²) in [5.74, 6) is 0.998. The fourth-order valence-corrected chi connectivity index (χ4v) is 3.55. The van der Waals surface area contributed by atoms with Crippen molar-refractivity contribution < 1.29 is 19.1 Å². The Morgan fingerprint density at radius 1 is 1.17 bits per heavy atom. The van der Waals surface area contributed by atoms with Crippen LogP contribution in [0.1, 0.15) is 48.9 Å².